The van der Waals surface area contributed by atoms with Gasteiger partial charge in [-0.2, -0.15) is 0 Å². The van der Waals surface area contributed by atoms with E-state index in [0.717, 1.165) is 18.2 Å². The molecule has 2 aromatic rings. The van der Waals surface area contributed by atoms with Gasteiger partial charge in [0.2, 0.25) is 0 Å². The van der Waals surface area contributed by atoms with E-state index in [1.807, 2.05) is 6.07 Å². The second kappa shape index (κ2) is 8.16. The van der Waals surface area contributed by atoms with E-state index in [9.17, 15) is 23.5 Å². The Bertz CT molecular complexity index is 723. The normalized spacial score (nSPS) is 11.6. The van der Waals surface area contributed by atoms with E-state index in [4.69, 9.17) is 0 Å². The van der Waals surface area contributed by atoms with Crippen molar-refractivity contribution in [1.82, 2.24) is 5.32 Å². The molecule has 3 N–H and O–H groups in total. The Morgan fingerprint density at radius 3 is 2.38 bits per heavy atom. The van der Waals surface area contributed by atoms with Crippen molar-refractivity contribution >= 4 is 17.5 Å². The SMILES string of the molecule is O=C(NCCC(O)c1ccccc1)C(=O)Nc1ccc(F)c(F)c1. The number of rotatable bonds is 5. The molecule has 0 aliphatic carbocycles. The number of aliphatic hydroxyl groups is 1. The molecule has 0 radical (unpaired) electrons. The summed E-state index contributed by atoms with van der Waals surface area (Å²) in [7, 11) is 0. The van der Waals surface area contributed by atoms with Crippen LogP contribution in [0.5, 0.6) is 0 Å². The molecule has 0 spiro atoms. The number of hydrogen-bond donors (Lipinski definition) is 3. The second-order valence-corrected chi connectivity index (χ2v) is 5.05. The monoisotopic (exact) mass is 334 g/mol. The Labute approximate surface area is 137 Å². The third-order valence-electron chi connectivity index (χ3n) is 3.27. The number of benzene rings is 2. The van der Waals surface area contributed by atoms with Crippen LogP contribution < -0.4 is 10.6 Å². The number of anilines is 1. The molecule has 0 aliphatic heterocycles. The van der Waals surface area contributed by atoms with Crippen LogP contribution in [-0.4, -0.2) is 23.5 Å². The molecule has 0 aliphatic rings. The smallest absolute Gasteiger partial charge is 0.313 e. The molecule has 5 nitrogen and oxygen atoms in total. The Balaban J connectivity index is 1.79. The maximum Gasteiger partial charge on any atom is 0.313 e. The van der Waals surface area contributed by atoms with Gasteiger partial charge in [-0.15, -0.1) is 0 Å². The lowest BCUT2D eigenvalue weighted by molar-refractivity contribution is -0.136. The second-order valence-electron chi connectivity index (χ2n) is 5.05. The zero-order chi connectivity index (χ0) is 17.5. The zero-order valence-corrected chi connectivity index (χ0v) is 12.6. The van der Waals surface area contributed by atoms with Crippen LogP contribution in [0.2, 0.25) is 0 Å². The topological polar surface area (TPSA) is 78.4 Å². The van der Waals surface area contributed by atoms with Crippen molar-refractivity contribution in [1.29, 1.82) is 0 Å². The van der Waals surface area contributed by atoms with Crippen molar-refractivity contribution in [2.75, 3.05) is 11.9 Å². The highest BCUT2D eigenvalue weighted by molar-refractivity contribution is 6.39. The zero-order valence-electron chi connectivity index (χ0n) is 12.6. The lowest BCUT2D eigenvalue weighted by Crippen LogP contribution is -2.36. The van der Waals surface area contributed by atoms with E-state index in [0.29, 0.717) is 5.56 Å². The van der Waals surface area contributed by atoms with E-state index in [-0.39, 0.29) is 18.7 Å². The first kappa shape index (κ1) is 17.6. The lowest BCUT2D eigenvalue weighted by Gasteiger charge is -2.11. The summed E-state index contributed by atoms with van der Waals surface area (Å²) < 4.78 is 25.8. The van der Waals surface area contributed by atoms with Crippen LogP contribution in [0.4, 0.5) is 14.5 Å². The molecule has 0 aromatic heterocycles. The first-order chi connectivity index (χ1) is 11.5. The highest BCUT2D eigenvalue weighted by Gasteiger charge is 2.15. The summed E-state index contributed by atoms with van der Waals surface area (Å²) >= 11 is 0. The van der Waals surface area contributed by atoms with Crippen LogP contribution in [0.15, 0.2) is 48.5 Å². The summed E-state index contributed by atoms with van der Waals surface area (Å²) in [6.45, 7) is 0.0834. The minimum atomic E-state index is -1.13. The standard InChI is InChI=1S/C17H16F2N2O3/c18-13-7-6-12(10-14(13)19)21-17(24)16(23)20-9-8-15(22)11-4-2-1-3-5-11/h1-7,10,15,22H,8-9H2,(H,20,23)(H,21,24). The fraction of sp³-hybridized carbons (Fsp3) is 0.176. The van der Waals surface area contributed by atoms with Gasteiger partial charge in [0.15, 0.2) is 11.6 Å². The predicted molar refractivity (Wildman–Crippen MR) is 84.0 cm³/mol. The molecule has 2 aromatic carbocycles. The number of halogens is 2. The van der Waals surface area contributed by atoms with Gasteiger partial charge in [-0.25, -0.2) is 8.78 Å². The molecule has 0 saturated carbocycles. The number of aliphatic hydroxyl groups excluding tert-OH is 1. The molecule has 126 valence electrons. The maximum absolute atomic E-state index is 13.0. The largest absolute Gasteiger partial charge is 0.388 e. The van der Waals surface area contributed by atoms with Crippen molar-refractivity contribution in [3.05, 3.63) is 65.7 Å². The van der Waals surface area contributed by atoms with Gasteiger partial charge in [-0.05, 0) is 24.1 Å². The van der Waals surface area contributed by atoms with Crippen LogP contribution in [0, 0.1) is 11.6 Å². The summed E-state index contributed by atoms with van der Waals surface area (Å²) in [6, 6.07) is 11.7. The van der Waals surface area contributed by atoms with Gasteiger partial charge < -0.3 is 15.7 Å². The summed E-state index contributed by atoms with van der Waals surface area (Å²) in [4.78, 5) is 23.3. The van der Waals surface area contributed by atoms with Crippen molar-refractivity contribution in [2.45, 2.75) is 12.5 Å². The van der Waals surface area contributed by atoms with Gasteiger partial charge in [0, 0.05) is 18.3 Å². The van der Waals surface area contributed by atoms with Gasteiger partial charge in [0.05, 0.1) is 6.10 Å². The first-order valence-corrected chi connectivity index (χ1v) is 7.24. The van der Waals surface area contributed by atoms with E-state index in [2.05, 4.69) is 10.6 Å². The molecule has 7 heteroatoms. The van der Waals surface area contributed by atoms with Gasteiger partial charge in [-0.1, -0.05) is 30.3 Å². The third-order valence-corrected chi connectivity index (χ3v) is 3.27. The molecule has 1 atom stereocenters. The minimum absolute atomic E-state index is 0.0293. The van der Waals surface area contributed by atoms with Crippen molar-refractivity contribution in [3.8, 4) is 0 Å². The average Bonchev–Trinajstić information content (AvgIpc) is 2.58. The highest BCUT2D eigenvalue weighted by atomic mass is 19.2. The van der Waals surface area contributed by atoms with Crippen LogP contribution >= 0.6 is 0 Å². The molecular weight excluding hydrogens is 318 g/mol. The van der Waals surface area contributed by atoms with E-state index < -0.39 is 29.6 Å². The molecule has 2 rings (SSSR count). The molecule has 0 saturated heterocycles. The Morgan fingerprint density at radius 2 is 1.71 bits per heavy atom. The van der Waals surface area contributed by atoms with E-state index in [1.54, 1.807) is 24.3 Å². The van der Waals surface area contributed by atoms with Gasteiger partial charge in [-0.3, -0.25) is 9.59 Å². The Morgan fingerprint density at radius 1 is 1.00 bits per heavy atom. The maximum atomic E-state index is 13.0. The summed E-state index contributed by atoms with van der Waals surface area (Å²) in [5, 5.41) is 14.4. The quantitative estimate of drug-likeness (QED) is 0.733. The summed E-state index contributed by atoms with van der Waals surface area (Å²) in [5.74, 6) is -4.11. The van der Waals surface area contributed by atoms with E-state index >= 15 is 0 Å². The fourth-order valence-corrected chi connectivity index (χ4v) is 2.01. The molecular formula is C17H16F2N2O3. The molecule has 24 heavy (non-hydrogen) atoms. The van der Waals surface area contributed by atoms with Crippen molar-refractivity contribution < 1.29 is 23.5 Å². The molecule has 0 bridgehead atoms. The first-order valence-electron chi connectivity index (χ1n) is 7.24. The average molecular weight is 334 g/mol. The van der Waals surface area contributed by atoms with Crippen molar-refractivity contribution in [2.24, 2.45) is 0 Å². The summed E-state index contributed by atoms with van der Waals surface area (Å²) in [5.41, 5.74) is 0.677. The minimum Gasteiger partial charge on any atom is -0.388 e. The number of amides is 2. The number of hydrogen-bond acceptors (Lipinski definition) is 3. The van der Waals surface area contributed by atoms with Crippen LogP contribution in [0.1, 0.15) is 18.1 Å². The molecule has 2 amide bonds. The summed E-state index contributed by atoms with van der Waals surface area (Å²) in [6.07, 6.45) is -0.533. The number of nitrogens with one attached hydrogen (secondary N) is 2. The van der Waals surface area contributed by atoms with Gasteiger partial charge >= 0.3 is 11.8 Å². The fourth-order valence-electron chi connectivity index (χ4n) is 2.01. The molecule has 1 unspecified atom stereocenters. The van der Waals surface area contributed by atoms with Crippen LogP contribution in [-0.2, 0) is 9.59 Å². The van der Waals surface area contributed by atoms with Crippen LogP contribution in [0.3, 0.4) is 0 Å². The third kappa shape index (κ3) is 4.85. The number of carbonyl (C=O) groups excluding carboxylic acids is 2. The predicted octanol–water partition coefficient (Wildman–Crippen LogP) is 2.14. The molecule has 0 heterocycles. The number of carbonyl (C=O) groups is 2. The Kier molecular flexibility index (Phi) is 5.97. The van der Waals surface area contributed by atoms with Gasteiger partial charge in [0.1, 0.15) is 0 Å². The van der Waals surface area contributed by atoms with Gasteiger partial charge in [0.25, 0.3) is 0 Å². The lowest BCUT2D eigenvalue weighted by atomic mass is 10.1. The van der Waals surface area contributed by atoms with E-state index in [1.165, 1.54) is 0 Å². The highest BCUT2D eigenvalue weighted by Crippen LogP contribution is 2.15. The Hall–Kier alpha value is -2.80. The van der Waals surface area contributed by atoms with Crippen LogP contribution in [0.25, 0.3) is 0 Å². The molecule has 0 fully saturated rings. The van der Waals surface area contributed by atoms with Crippen molar-refractivity contribution in [3.63, 3.8) is 0 Å².